The number of thiazole rings is 1. The van der Waals surface area contributed by atoms with Crippen molar-refractivity contribution in [1.82, 2.24) is 20.1 Å². The van der Waals surface area contributed by atoms with E-state index in [0.29, 0.717) is 12.5 Å². The number of aromatic nitrogens is 1. The fourth-order valence-corrected chi connectivity index (χ4v) is 3.24. The van der Waals surface area contributed by atoms with Crippen LogP contribution in [0.15, 0.2) is 16.6 Å². The molecule has 9 nitrogen and oxygen atoms in total. The summed E-state index contributed by atoms with van der Waals surface area (Å²) in [4.78, 5) is 36.8. The Labute approximate surface area is 160 Å². The van der Waals surface area contributed by atoms with E-state index in [1.54, 1.807) is 17.5 Å². The van der Waals surface area contributed by atoms with Crippen LogP contribution in [0.2, 0.25) is 0 Å². The molecule has 2 fully saturated rings. The van der Waals surface area contributed by atoms with Crippen molar-refractivity contribution in [1.29, 1.82) is 0 Å². The van der Waals surface area contributed by atoms with Gasteiger partial charge < -0.3 is 20.9 Å². The molecule has 132 valence electrons. The summed E-state index contributed by atoms with van der Waals surface area (Å²) < 4.78 is 0. The monoisotopic (exact) mass is 465 g/mol. The molecule has 1 aromatic heterocycles. The number of carbonyl (C=O) groups excluding carboxylic acids is 2. The first-order valence-corrected chi connectivity index (χ1v) is 8.30. The molecule has 0 unspecified atom stereocenters. The standard InChI is InChI=1S/C13H19N7O2S.HI/c14-11(15-1-3-20-10(21)9-17-12(20)22)18-4-6-19(7-5-18)13-16-2-8-23-13;/h2,8H,1,3-7,9H2,(H2,14,15)(H,17,22);1H. The van der Waals surface area contributed by atoms with Gasteiger partial charge in [-0.15, -0.1) is 35.3 Å². The molecule has 0 spiro atoms. The van der Waals surface area contributed by atoms with E-state index >= 15 is 0 Å². The van der Waals surface area contributed by atoms with E-state index in [9.17, 15) is 9.59 Å². The van der Waals surface area contributed by atoms with Gasteiger partial charge in [-0.2, -0.15) is 0 Å². The first kappa shape index (κ1) is 18.7. The predicted octanol–water partition coefficient (Wildman–Crippen LogP) is -0.250. The molecule has 3 rings (SSSR count). The van der Waals surface area contributed by atoms with Gasteiger partial charge in [0.2, 0.25) is 5.91 Å². The van der Waals surface area contributed by atoms with Crippen LogP contribution < -0.4 is 16.0 Å². The van der Waals surface area contributed by atoms with Crippen LogP contribution in [0.4, 0.5) is 9.93 Å². The summed E-state index contributed by atoms with van der Waals surface area (Å²) in [6, 6.07) is -0.360. The number of aliphatic imine (C=N–C) groups is 1. The number of carbonyl (C=O) groups is 2. The van der Waals surface area contributed by atoms with E-state index in [-0.39, 0.29) is 49.0 Å². The Balaban J connectivity index is 0.00000208. The highest BCUT2D eigenvalue weighted by Crippen LogP contribution is 2.18. The molecule has 3 N–H and O–H groups in total. The molecule has 0 bridgehead atoms. The first-order chi connectivity index (χ1) is 11.1. The highest BCUT2D eigenvalue weighted by atomic mass is 127. The smallest absolute Gasteiger partial charge is 0.324 e. The average molecular weight is 465 g/mol. The molecule has 3 amide bonds. The largest absolute Gasteiger partial charge is 0.370 e. The van der Waals surface area contributed by atoms with Crippen molar-refractivity contribution in [3.63, 3.8) is 0 Å². The lowest BCUT2D eigenvalue weighted by atomic mass is 10.3. The third-order valence-corrected chi connectivity index (χ3v) is 4.66. The van der Waals surface area contributed by atoms with E-state index in [1.165, 1.54) is 0 Å². The van der Waals surface area contributed by atoms with Crippen LogP contribution >= 0.6 is 35.3 Å². The van der Waals surface area contributed by atoms with Gasteiger partial charge >= 0.3 is 6.03 Å². The van der Waals surface area contributed by atoms with Crippen LogP contribution in [0.25, 0.3) is 0 Å². The molecule has 0 aliphatic carbocycles. The predicted molar refractivity (Wildman–Crippen MR) is 103 cm³/mol. The molecule has 24 heavy (non-hydrogen) atoms. The molecule has 0 radical (unpaired) electrons. The van der Waals surface area contributed by atoms with Crippen molar-refractivity contribution in [2.45, 2.75) is 0 Å². The third kappa shape index (κ3) is 4.26. The normalized spacial score (nSPS) is 18.7. The number of nitrogens with two attached hydrogens (primary N) is 1. The summed E-state index contributed by atoms with van der Waals surface area (Å²) in [6.45, 7) is 3.88. The topological polar surface area (TPSA) is 107 Å². The van der Waals surface area contributed by atoms with Gasteiger partial charge in [0.1, 0.15) is 0 Å². The Morgan fingerprint density at radius 2 is 2.08 bits per heavy atom. The van der Waals surface area contributed by atoms with Gasteiger partial charge in [0.05, 0.1) is 19.6 Å². The maximum Gasteiger partial charge on any atom is 0.324 e. The zero-order valence-electron chi connectivity index (χ0n) is 13.1. The Morgan fingerprint density at radius 1 is 1.33 bits per heavy atom. The molecular formula is C13H20IN7O2S. The number of nitrogens with zero attached hydrogens (tertiary/aromatic N) is 5. The summed E-state index contributed by atoms with van der Waals surface area (Å²) in [6.07, 6.45) is 1.80. The zero-order valence-corrected chi connectivity index (χ0v) is 16.2. The first-order valence-electron chi connectivity index (χ1n) is 7.42. The van der Waals surface area contributed by atoms with E-state index in [4.69, 9.17) is 5.73 Å². The van der Waals surface area contributed by atoms with Crippen molar-refractivity contribution in [2.24, 2.45) is 10.7 Å². The SMILES string of the molecule is I.NC(=NCCN1C(=O)CNC1=O)N1CCN(c2nccs2)CC1. The van der Waals surface area contributed by atoms with Crippen LogP contribution in [0.5, 0.6) is 0 Å². The fraction of sp³-hybridized carbons (Fsp3) is 0.538. The summed E-state index contributed by atoms with van der Waals surface area (Å²) in [5.41, 5.74) is 6.01. The minimum absolute atomic E-state index is 0. The van der Waals surface area contributed by atoms with E-state index < -0.39 is 0 Å². The van der Waals surface area contributed by atoms with Crippen molar-refractivity contribution < 1.29 is 9.59 Å². The number of halogens is 1. The summed E-state index contributed by atoms with van der Waals surface area (Å²) in [7, 11) is 0. The molecular weight excluding hydrogens is 445 g/mol. The molecule has 0 aromatic carbocycles. The van der Waals surface area contributed by atoms with Crippen LogP contribution in [-0.2, 0) is 4.79 Å². The Morgan fingerprint density at radius 3 is 2.67 bits per heavy atom. The second kappa shape index (κ2) is 8.46. The Kier molecular flexibility index (Phi) is 6.60. The number of hydrogen-bond donors (Lipinski definition) is 2. The van der Waals surface area contributed by atoms with Gasteiger partial charge in [0.15, 0.2) is 11.1 Å². The minimum Gasteiger partial charge on any atom is -0.370 e. The number of piperazine rings is 1. The van der Waals surface area contributed by atoms with Crippen molar-refractivity contribution in [3.05, 3.63) is 11.6 Å². The molecule has 0 atom stereocenters. The van der Waals surface area contributed by atoms with Crippen LogP contribution in [0, 0.1) is 0 Å². The number of imide groups is 1. The summed E-state index contributed by atoms with van der Waals surface area (Å²) in [5, 5.41) is 5.47. The van der Waals surface area contributed by atoms with E-state index in [1.807, 2.05) is 10.3 Å². The number of hydrogen-bond acceptors (Lipinski definition) is 6. The highest BCUT2D eigenvalue weighted by Gasteiger charge is 2.27. The Bertz CT molecular complexity index is 585. The summed E-state index contributed by atoms with van der Waals surface area (Å²) >= 11 is 1.63. The number of urea groups is 1. The van der Waals surface area contributed by atoms with E-state index in [2.05, 4.69) is 20.2 Å². The second-order valence-corrected chi connectivity index (χ2v) is 6.11. The minimum atomic E-state index is -0.360. The second-order valence-electron chi connectivity index (χ2n) is 5.23. The molecule has 1 aromatic rings. The van der Waals surface area contributed by atoms with Gasteiger partial charge in [-0.3, -0.25) is 14.7 Å². The zero-order chi connectivity index (χ0) is 16.2. The number of nitrogens with one attached hydrogen (secondary N) is 1. The molecule has 11 heteroatoms. The number of rotatable bonds is 4. The van der Waals surface area contributed by atoms with Gasteiger partial charge in [0, 0.05) is 37.8 Å². The van der Waals surface area contributed by atoms with Gasteiger partial charge in [-0.05, 0) is 0 Å². The molecule has 0 saturated carbocycles. The fourth-order valence-electron chi connectivity index (χ4n) is 2.55. The van der Waals surface area contributed by atoms with Crippen LogP contribution in [-0.4, -0.2) is 78.5 Å². The number of amides is 3. The number of anilines is 1. The summed E-state index contributed by atoms with van der Waals surface area (Å²) in [5.74, 6) is 0.233. The van der Waals surface area contributed by atoms with Crippen molar-refractivity contribution in [3.8, 4) is 0 Å². The molecule has 3 heterocycles. The Hall–Kier alpha value is -1.63. The molecule has 2 saturated heterocycles. The van der Waals surface area contributed by atoms with Gasteiger partial charge in [-0.25, -0.2) is 9.78 Å². The quantitative estimate of drug-likeness (QED) is 0.275. The maximum absolute atomic E-state index is 11.5. The lowest BCUT2D eigenvalue weighted by Gasteiger charge is -2.35. The van der Waals surface area contributed by atoms with Gasteiger partial charge in [0.25, 0.3) is 0 Å². The highest BCUT2D eigenvalue weighted by molar-refractivity contribution is 14.0. The van der Waals surface area contributed by atoms with Crippen LogP contribution in [0.3, 0.4) is 0 Å². The van der Waals surface area contributed by atoms with Crippen molar-refractivity contribution in [2.75, 3.05) is 50.7 Å². The van der Waals surface area contributed by atoms with E-state index in [0.717, 1.165) is 36.2 Å². The van der Waals surface area contributed by atoms with Gasteiger partial charge in [-0.1, -0.05) is 0 Å². The lowest BCUT2D eigenvalue weighted by molar-refractivity contribution is -0.124. The number of guanidine groups is 1. The average Bonchev–Trinajstić information content (AvgIpc) is 3.20. The molecule has 2 aliphatic heterocycles. The lowest BCUT2D eigenvalue weighted by Crippen LogP contribution is -2.51. The van der Waals surface area contributed by atoms with Crippen LogP contribution in [0.1, 0.15) is 0 Å². The molecule has 2 aliphatic rings. The maximum atomic E-state index is 11.5. The third-order valence-electron chi connectivity index (χ3n) is 3.83. The van der Waals surface area contributed by atoms with Crippen molar-refractivity contribution >= 4 is 58.3 Å².